The molecule has 2 heterocycles. The Hall–Kier alpha value is -1.37. The third-order valence-corrected chi connectivity index (χ3v) is 5.11. The summed E-state index contributed by atoms with van der Waals surface area (Å²) in [5, 5.41) is 3.67. The lowest BCUT2D eigenvalue weighted by Gasteiger charge is -2.12. The lowest BCUT2D eigenvalue weighted by Crippen LogP contribution is -2.27. The van der Waals surface area contributed by atoms with Crippen LogP contribution in [0.3, 0.4) is 0 Å². The Morgan fingerprint density at radius 3 is 2.57 bits per heavy atom. The zero-order chi connectivity index (χ0) is 14.8. The predicted molar refractivity (Wildman–Crippen MR) is 90.0 cm³/mol. The van der Waals surface area contributed by atoms with Gasteiger partial charge in [0.25, 0.3) is 11.1 Å². The number of carbonyl (C=O) groups excluding carboxylic acids is 2. The van der Waals surface area contributed by atoms with Crippen LogP contribution in [0.4, 0.5) is 4.79 Å². The normalized spacial score (nSPS) is 17.0. The molecule has 1 aromatic carbocycles. The molecule has 1 aliphatic heterocycles. The molecule has 6 heteroatoms. The second-order valence-corrected chi connectivity index (χ2v) is 7.14. The van der Waals surface area contributed by atoms with Gasteiger partial charge < -0.3 is 0 Å². The fourth-order valence-electron chi connectivity index (χ4n) is 1.92. The van der Waals surface area contributed by atoms with E-state index in [4.69, 9.17) is 0 Å². The summed E-state index contributed by atoms with van der Waals surface area (Å²) >= 11 is 5.92. The second kappa shape index (κ2) is 6.17. The van der Waals surface area contributed by atoms with E-state index in [1.807, 2.05) is 41.1 Å². The minimum Gasteiger partial charge on any atom is -0.268 e. The van der Waals surface area contributed by atoms with Gasteiger partial charge in [-0.05, 0) is 57.9 Å². The Balaban J connectivity index is 1.79. The van der Waals surface area contributed by atoms with Crippen LogP contribution in [0.1, 0.15) is 11.1 Å². The van der Waals surface area contributed by atoms with Crippen LogP contribution in [0.25, 0.3) is 6.08 Å². The maximum absolute atomic E-state index is 12.3. The SMILES string of the molecule is O=C1S/C(=C\c2ccsc2)C(=O)N1Cc1ccc(Br)cc1. The molecular formula is C15H10BrNO2S2. The van der Waals surface area contributed by atoms with Gasteiger partial charge in [-0.1, -0.05) is 28.1 Å². The molecule has 0 spiro atoms. The number of amides is 2. The molecule has 3 nitrogen and oxygen atoms in total. The lowest BCUT2D eigenvalue weighted by molar-refractivity contribution is -0.123. The van der Waals surface area contributed by atoms with E-state index in [1.165, 1.54) is 4.90 Å². The van der Waals surface area contributed by atoms with Crippen LogP contribution in [0, 0.1) is 0 Å². The maximum atomic E-state index is 12.3. The molecule has 3 rings (SSSR count). The molecule has 106 valence electrons. The molecule has 1 fully saturated rings. The first kappa shape index (κ1) is 14.6. The van der Waals surface area contributed by atoms with Gasteiger partial charge in [-0.25, -0.2) is 0 Å². The Morgan fingerprint density at radius 2 is 1.90 bits per heavy atom. The molecule has 21 heavy (non-hydrogen) atoms. The van der Waals surface area contributed by atoms with Gasteiger partial charge >= 0.3 is 0 Å². The van der Waals surface area contributed by atoms with Gasteiger partial charge in [0.1, 0.15) is 0 Å². The minimum absolute atomic E-state index is 0.218. The van der Waals surface area contributed by atoms with Gasteiger partial charge in [0, 0.05) is 4.47 Å². The molecule has 0 bridgehead atoms. The number of hydrogen-bond donors (Lipinski definition) is 0. The van der Waals surface area contributed by atoms with E-state index in [-0.39, 0.29) is 11.1 Å². The minimum atomic E-state index is -0.223. The summed E-state index contributed by atoms with van der Waals surface area (Å²) in [5.41, 5.74) is 1.88. The Bertz CT molecular complexity index is 708. The van der Waals surface area contributed by atoms with Crippen molar-refractivity contribution in [3.63, 3.8) is 0 Å². The topological polar surface area (TPSA) is 37.4 Å². The van der Waals surface area contributed by atoms with Crippen molar-refractivity contribution in [3.8, 4) is 0 Å². The standard InChI is InChI=1S/C15H10BrNO2S2/c16-12-3-1-10(2-4-12)8-17-14(18)13(21-15(17)19)7-11-5-6-20-9-11/h1-7,9H,8H2/b13-7-. The van der Waals surface area contributed by atoms with E-state index < -0.39 is 0 Å². The highest BCUT2D eigenvalue weighted by Gasteiger charge is 2.34. The summed E-state index contributed by atoms with van der Waals surface area (Å²) in [6.07, 6.45) is 1.77. The van der Waals surface area contributed by atoms with E-state index in [0.717, 1.165) is 27.4 Å². The molecule has 0 N–H and O–H groups in total. The van der Waals surface area contributed by atoms with Crippen molar-refractivity contribution < 1.29 is 9.59 Å². The highest BCUT2D eigenvalue weighted by atomic mass is 79.9. The molecule has 1 saturated heterocycles. The molecular weight excluding hydrogens is 370 g/mol. The average molecular weight is 380 g/mol. The molecule has 1 aliphatic rings. The van der Waals surface area contributed by atoms with Crippen LogP contribution in [-0.2, 0) is 11.3 Å². The van der Waals surface area contributed by atoms with Crippen LogP contribution in [0.2, 0.25) is 0 Å². The first-order valence-electron chi connectivity index (χ1n) is 6.15. The van der Waals surface area contributed by atoms with Crippen LogP contribution >= 0.6 is 39.0 Å². The van der Waals surface area contributed by atoms with Crippen molar-refractivity contribution in [2.24, 2.45) is 0 Å². The number of carbonyl (C=O) groups is 2. The first-order chi connectivity index (χ1) is 10.1. The summed E-state index contributed by atoms with van der Waals surface area (Å²) in [4.78, 5) is 26.1. The number of imide groups is 1. The highest BCUT2D eigenvalue weighted by Crippen LogP contribution is 2.33. The van der Waals surface area contributed by atoms with Gasteiger partial charge in [-0.15, -0.1) is 0 Å². The summed E-state index contributed by atoms with van der Waals surface area (Å²) in [6, 6.07) is 9.52. The maximum Gasteiger partial charge on any atom is 0.293 e. The Kier molecular flexibility index (Phi) is 4.28. The molecule has 0 atom stereocenters. The van der Waals surface area contributed by atoms with Crippen molar-refractivity contribution in [1.82, 2.24) is 4.90 Å². The number of thioether (sulfide) groups is 1. The fraction of sp³-hybridized carbons (Fsp3) is 0.0667. The smallest absolute Gasteiger partial charge is 0.268 e. The zero-order valence-electron chi connectivity index (χ0n) is 10.8. The van der Waals surface area contributed by atoms with Crippen molar-refractivity contribution in [1.29, 1.82) is 0 Å². The van der Waals surface area contributed by atoms with Gasteiger partial charge in [-0.3, -0.25) is 14.5 Å². The van der Waals surface area contributed by atoms with Crippen LogP contribution in [0.5, 0.6) is 0 Å². The van der Waals surface area contributed by atoms with E-state index in [2.05, 4.69) is 15.9 Å². The van der Waals surface area contributed by atoms with Crippen molar-refractivity contribution in [2.45, 2.75) is 6.54 Å². The van der Waals surface area contributed by atoms with Crippen LogP contribution in [-0.4, -0.2) is 16.0 Å². The number of thiophene rings is 1. The quantitative estimate of drug-likeness (QED) is 0.722. The number of hydrogen-bond acceptors (Lipinski definition) is 4. The predicted octanol–water partition coefficient (Wildman–Crippen LogP) is 4.75. The van der Waals surface area contributed by atoms with Crippen molar-refractivity contribution >= 4 is 56.3 Å². The van der Waals surface area contributed by atoms with E-state index in [0.29, 0.717) is 11.4 Å². The van der Waals surface area contributed by atoms with Gasteiger partial charge in [0.2, 0.25) is 0 Å². The third-order valence-electron chi connectivity index (χ3n) is 2.97. The summed E-state index contributed by atoms with van der Waals surface area (Å²) in [5.74, 6) is -0.223. The molecule has 0 aliphatic carbocycles. The summed E-state index contributed by atoms with van der Waals surface area (Å²) in [6.45, 7) is 0.304. The molecule has 2 aromatic rings. The number of halogens is 1. The second-order valence-electron chi connectivity index (χ2n) is 4.45. The summed E-state index contributed by atoms with van der Waals surface area (Å²) < 4.78 is 0.970. The number of nitrogens with zero attached hydrogens (tertiary/aromatic N) is 1. The number of benzene rings is 1. The Morgan fingerprint density at radius 1 is 1.14 bits per heavy atom. The fourth-order valence-corrected chi connectivity index (χ4v) is 3.64. The van der Waals surface area contributed by atoms with E-state index in [1.54, 1.807) is 17.4 Å². The average Bonchev–Trinajstić information content (AvgIpc) is 3.06. The monoisotopic (exact) mass is 379 g/mol. The molecule has 0 radical (unpaired) electrons. The van der Waals surface area contributed by atoms with Crippen molar-refractivity contribution in [3.05, 3.63) is 61.6 Å². The molecule has 0 unspecified atom stereocenters. The number of rotatable bonds is 3. The first-order valence-corrected chi connectivity index (χ1v) is 8.71. The van der Waals surface area contributed by atoms with Gasteiger partial charge in [-0.2, -0.15) is 11.3 Å². The van der Waals surface area contributed by atoms with Crippen LogP contribution < -0.4 is 0 Å². The molecule has 0 saturated carbocycles. The zero-order valence-corrected chi connectivity index (χ0v) is 14.0. The Labute approximate surface area is 138 Å². The molecule has 2 amide bonds. The largest absolute Gasteiger partial charge is 0.293 e. The van der Waals surface area contributed by atoms with E-state index in [9.17, 15) is 9.59 Å². The van der Waals surface area contributed by atoms with Gasteiger partial charge in [0.15, 0.2) is 0 Å². The lowest BCUT2D eigenvalue weighted by atomic mass is 10.2. The summed E-state index contributed by atoms with van der Waals surface area (Å²) in [7, 11) is 0. The van der Waals surface area contributed by atoms with E-state index >= 15 is 0 Å². The third kappa shape index (κ3) is 3.28. The van der Waals surface area contributed by atoms with Crippen molar-refractivity contribution in [2.75, 3.05) is 0 Å². The molecule has 1 aromatic heterocycles. The van der Waals surface area contributed by atoms with Gasteiger partial charge in [0.05, 0.1) is 11.4 Å². The van der Waals surface area contributed by atoms with Crippen LogP contribution in [0.15, 0.2) is 50.5 Å². The highest BCUT2D eigenvalue weighted by molar-refractivity contribution is 9.10.